The normalized spacial score (nSPS) is 18.9. The van der Waals surface area contributed by atoms with Crippen LogP contribution in [-0.4, -0.2) is 23.1 Å². The van der Waals surface area contributed by atoms with Crippen LogP contribution in [0.25, 0.3) is 0 Å². The Hall–Kier alpha value is -1.56. The minimum atomic E-state index is -0.894. The summed E-state index contributed by atoms with van der Waals surface area (Å²) in [6.45, 7) is 1.87. The summed E-state index contributed by atoms with van der Waals surface area (Å²) in [5.74, 6) is -0.894. The van der Waals surface area contributed by atoms with Crippen LogP contribution in [0.3, 0.4) is 0 Å². The molecule has 0 aliphatic heterocycles. The highest BCUT2D eigenvalue weighted by Crippen LogP contribution is 2.33. The highest BCUT2D eigenvalue weighted by molar-refractivity contribution is 7.10. The van der Waals surface area contributed by atoms with Gasteiger partial charge in [0.15, 0.2) is 0 Å². The molecule has 110 valence electrons. The largest absolute Gasteiger partial charge is 0.481 e. The predicted molar refractivity (Wildman–Crippen MR) is 78.0 cm³/mol. The number of aliphatic carboxylic acids is 1. The highest BCUT2D eigenvalue weighted by Gasteiger charge is 2.23. The van der Waals surface area contributed by atoms with Crippen molar-refractivity contribution in [2.75, 3.05) is 0 Å². The summed E-state index contributed by atoms with van der Waals surface area (Å²) in [6.07, 6.45) is 3.66. The van der Waals surface area contributed by atoms with Crippen LogP contribution in [0.15, 0.2) is 11.4 Å². The fourth-order valence-electron chi connectivity index (χ4n) is 2.53. The molecule has 5 nitrogen and oxygen atoms in total. The van der Waals surface area contributed by atoms with Crippen LogP contribution in [-0.2, 0) is 11.2 Å². The van der Waals surface area contributed by atoms with E-state index in [1.807, 2.05) is 6.92 Å². The summed E-state index contributed by atoms with van der Waals surface area (Å²) < 4.78 is 0. The van der Waals surface area contributed by atoms with Crippen LogP contribution in [0, 0.1) is 0 Å². The molecule has 0 spiro atoms. The Balaban J connectivity index is 1.91. The van der Waals surface area contributed by atoms with Crippen LogP contribution in [0.5, 0.6) is 0 Å². The van der Waals surface area contributed by atoms with Gasteiger partial charge in [-0.05, 0) is 42.7 Å². The number of nitrogens with one attached hydrogen (secondary N) is 2. The molecule has 2 amide bonds. The zero-order valence-corrected chi connectivity index (χ0v) is 12.3. The predicted octanol–water partition coefficient (Wildman–Crippen LogP) is 2.68. The summed E-state index contributed by atoms with van der Waals surface area (Å²) in [4.78, 5) is 24.0. The lowest BCUT2D eigenvalue weighted by atomic mass is 9.94. The zero-order chi connectivity index (χ0) is 14.5. The lowest BCUT2D eigenvalue weighted by Crippen LogP contribution is -2.44. The fourth-order valence-corrected chi connectivity index (χ4v) is 3.52. The molecule has 0 fully saturated rings. The number of carbonyl (C=O) groups excluding carboxylic acids is 1. The van der Waals surface area contributed by atoms with E-state index in [1.165, 1.54) is 10.4 Å². The van der Waals surface area contributed by atoms with Gasteiger partial charge in [-0.3, -0.25) is 4.79 Å². The number of hydrogen-bond acceptors (Lipinski definition) is 3. The number of hydrogen-bond donors (Lipinski definition) is 3. The van der Waals surface area contributed by atoms with Crippen molar-refractivity contribution in [3.05, 3.63) is 21.9 Å². The first-order chi connectivity index (χ1) is 9.60. The maximum atomic E-state index is 12.0. The first-order valence-corrected chi connectivity index (χ1v) is 7.83. The van der Waals surface area contributed by atoms with Gasteiger partial charge < -0.3 is 15.7 Å². The van der Waals surface area contributed by atoms with Gasteiger partial charge in [0.2, 0.25) is 0 Å². The van der Waals surface area contributed by atoms with Gasteiger partial charge >= 0.3 is 12.0 Å². The molecule has 1 heterocycles. The molecular weight excluding hydrogens is 276 g/mol. The second-order valence-corrected chi connectivity index (χ2v) is 6.07. The number of fused-ring (bicyclic) bond motifs is 1. The Kier molecular flexibility index (Phi) is 5.00. The van der Waals surface area contributed by atoms with Crippen molar-refractivity contribution in [2.45, 2.75) is 51.1 Å². The van der Waals surface area contributed by atoms with Crippen molar-refractivity contribution in [3.63, 3.8) is 0 Å². The fraction of sp³-hybridized carbons (Fsp3) is 0.571. The topological polar surface area (TPSA) is 78.4 Å². The Bertz CT molecular complexity index is 487. The Morgan fingerprint density at radius 3 is 3.05 bits per heavy atom. The van der Waals surface area contributed by atoms with Crippen LogP contribution >= 0.6 is 11.3 Å². The van der Waals surface area contributed by atoms with Gasteiger partial charge in [-0.25, -0.2) is 4.79 Å². The lowest BCUT2D eigenvalue weighted by Gasteiger charge is -2.25. The quantitative estimate of drug-likeness (QED) is 0.781. The molecule has 1 aliphatic carbocycles. The van der Waals surface area contributed by atoms with Gasteiger partial charge in [-0.15, -0.1) is 11.3 Å². The minimum Gasteiger partial charge on any atom is -0.481 e. The van der Waals surface area contributed by atoms with E-state index in [0.29, 0.717) is 6.42 Å². The van der Waals surface area contributed by atoms with E-state index in [9.17, 15) is 9.59 Å². The molecular formula is C14H20N2O3S. The van der Waals surface area contributed by atoms with E-state index < -0.39 is 5.97 Å². The number of carboxylic acid groups (broad SMARTS) is 1. The van der Waals surface area contributed by atoms with Crippen molar-refractivity contribution < 1.29 is 14.7 Å². The number of carboxylic acids is 1. The molecule has 0 bridgehead atoms. The molecule has 6 heteroatoms. The number of amides is 2. The Morgan fingerprint density at radius 2 is 2.35 bits per heavy atom. The van der Waals surface area contributed by atoms with Crippen molar-refractivity contribution in [2.24, 2.45) is 0 Å². The molecule has 0 aromatic carbocycles. The Labute approximate surface area is 122 Å². The van der Waals surface area contributed by atoms with Gasteiger partial charge in [-0.1, -0.05) is 6.92 Å². The SMILES string of the molecule is CCC(CC(=O)O)NC(=O)NC1CCCc2sccc21. The molecule has 20 heavy (non-hydrogen) atoms. The zero-order valence-electron chi connectivity index (χ0n) is 11.5. The van der Waals surface area contributed by atoms with Gasteiger partial charge in [0, 0.05) is 10.9 Å². The second-order valence-electron chi connectivity index (χ2n) is 5.06. The molecule has 1 aromatic rings. The lowest BCUT2D eigenvalue weighted by molar-refractivity contribution is -0.137. The number of aryl methyl sites for hydroxylation is 1. The van der Waals surface area contributed by atoms with E-state index in [-0.39, 0.29) is 24.5 Å². The molecule has 0 radical (unpaired) electrons. The summed E-state index contributed by atoms with van der Waals surface area (Å²) in [6, 6.07) is 1.52. The minimum absolute atomic E-state index is 0.0434. The summed E-state index contributed by atoms with van der Waals surface area (Å²) in [5, 5.41) is 16.5. The molecule has 0 saturated heterocycles. The molecule has 2 rings (SSSR count). The molecule has 0 saturated carbocycles. The summed E-state index contributed by atoms with van der Waals surface area (Å²) in [7, 11) is 0. The van der Waals surface area contributed by atoms with Crippen LogP contribution in [0.2, 0.25) is 0 Å². The van der Waals surface area contributed by atoms with E-state index in [1.54, 1.807) is 11.3 Å². The van der Waals surface area contributed by atoms with Crippen LogP contribution < -0.4 is 10.6 Å². The standard InChI is InChI=1S/C14H20N2O3S/c1-2-9(8-13(17)18)15-14(19)16-11-4-3-5-12-10(11)6-7-20-12/h6-7,9,11H,2-5,8H2,1H3,(H,17,18)(H2,15,16,19). The molecule has 1 aromatic heterocycles. The van der Waals surface area contributed by atoms with Gasteiger partial charge in [0.1, 0.15) is 0 Å². The van der Waals surface area contributed by atoms with Crippen molar-refractivity contribution >= 4 is 23.3 Å². The third-order valence-electron chi connectivity index (χ3n) is 3.61. The number of rotatable bonds is 5. The van der Waals surface area contributed by atoms with Crippen molar-refractivity contribution in [1.82, 2.24) is 10.6 Å². The van der Waals surface area contributed by atoms with Gasteiger partial charge in [-0.2, -0.15) is 0 Å². The first-order valence-electron chi connectivity index (χ1n) is 6.95. The monoisotopic (exact) mass is 296 g/mol. The second kappa shape index (κ2) is 6.74. The van der Waals surface area contributed by atoms with Crippen molar-refractivity contribution in [3.8, 4) is 0 Å². The number of urea groups is 1. The molecule has 2 atom stereocenters. The third-order valence-corrected chi connectivity index (χ3v) is 4.60. The maximum absolute atomic E-state index is 12.0. The van der Waals surface area contributed by atoms with E-state index in [2.05, 4.69) is 22.1 Å². The first kappa shape index (κ1) is 14.8. The van der Waals surface area contributed by atoms with Gasteiger partial charge in [0.05, 0.1) is 12.5 Å². The third kappa shape index (κ3) is 3.72. The average Bonchev–Trinajstić information content (AvgIpc) is 2.86. The smallest absolute Gasteiger partial charge is 0.315 e. The van der Waals surface area contributed by atoms with Gasteiger partial charge in [0.25, 0.3) is 0 Å². The van der Waals surface area contributed by atoms with E-state index in [4.69, 9.17) is 5.11 Å². The molecule has 3 N–H and O–H groups in total. The summed E-state index contributed by atoms with van der Waals surface area (Å²) in [5.41, 5.74) is 1.21. The number of carbonyl (C=O) groups is 2. The van der Waals surface area contributed by atoms with E-state index >= 15 is 0 Å². The van der Waals surface area contributed by atoms with Crippen LogP contribution in [0.1, 0.15) is 49.1 Å². The average molecular weight is 296 g/mol. The van der Waals surface area contributed by atoms with Crippen molar-refractivity contribution in [1.29, 1.82) is 0 Å². The maximum Gasteiger partial charge on any atom is 0.315 e. The van der Waals surface area contributed by atoms with E-state index in [0.717, 1.165) is 19.3 Å². The molecule has 2 unspecified atom stereocenters. The molecule has 1 aliphatic rings. The number of thiophene rings is 1. The van der Waals surface area contributed by atoms with Crippen LogP contribution in [0.4, 0.5) is 4.79 Å². The summed E-state index contributed by atoms with van der Waals surface area (Å²) >= 11 is 1.73. The Morgan fingerprint density at radius 1 is 1.55 bits per heavy atom. The highest BCUT2D eigenvalue weighted by atomic mass is 32.1.